The van der Waals surface area contributed by atoms with Crippen molar-refractivity contribution >= 4 is 16.6 Å². The molecule has 0 saturated carbocycles. The van der Waals surface area contributed by atoms with Crippen molar-refractivity contribution in [2.24, 2.45) is 0 Å². The van der Waals surface area contributed by atoms with E-state index in [0.29, 0.717) is 0 Å². The van der Waals surface area contributed by atoms with Crippen molar-refractivity contribution in [2.75, 3.05) is 0 Å². The normalized spacial score (nSPS) is 14.1. The van der Waals surface area contributed by atoms with Gasteiger partial charge in [0.15, 0.2) is 16.6 Å². The summed E-state index contributed by atoms with van der Waals surface area (Å²) in [5.41, 5.74) is -0.0532. The second-order valence-corrected chi connectivity index (χ2v) is 18.4. The molecule has 0 aromatic rings. The lowest BCUT2D eigenvalue weighted by molar-refractivity contribution is 0.109. The second-order valence-electron chi connectivity index (χ2n) is 10.3. The molecule has 0 aromatic heterocycles. The molecule has 0 heterocycles. The SMILES string of the molecule is CCC[Si](CCC)(CC[Si](CCC)(CCC)OC(C)(C)C)OC(C)(C)C. The van der Waals surface area contributed by atoms with Gasteiger partial charge in [-0.05, 0) is 77.8 Å². The molecule has 0 aliphatic heterocycles. The predicted octanol–water partition coefficient (Wildman–Crippen LogP) is 8.15. The van der Waals surface area contributed by atoms with E-state index in [1.165, 1.54) is 61.9 Å². The predicted molar refractivity (Wildman–Crippen MR) is 123 cm³/mol. The summed E-state index contributed by atoms with van der Waals surface area (Å²) in [5, 5.41) is 0. The van der Waals surface area contributed by atoms with Gasteiger partial charge >= 0.3 is 0 Å². The first-order chi connectivity index (χ1) is 11.9. The van der Waals surface area contributed by atoms with Gasteiger partial charge in [0.05, 0.1) is 0 Å². The standard InChI is InChI=1S/C22H50O2Si2/c1-11-15-25(16-12-2,23-21(5,6)7)19-20-26(17-13-3,18-14-4)24-22(8,9)10/h11-20H2,1-10H3. The molecule has 0 aliphatic carbocycles. The third kappa shape index (κ3) is 10.6. The zero-order chi connectivity index (χ0) is 20.5. The molecule has 0 saturated heterocycles. The fraction of sp³-hybridized carbons (Fsp3) is 1.00. The van der Waals surface area contributed by atoms with Gasteiger partial charge in [0.25, 0.3) is 0 Å². The average Bonchev–Trinajstić information content (AvgIpc) is 2.43. The van der Waals surface area contributed by atoms with Gasteiger partial charge in [-0.2, -0.15) is 0 Å². The molecular weight excluding hydrogens is 352 g/mol. The first-order valence-corrected chi connectivity index (χ1v) is 16.3. The number of hydrogen-bond donors (Lipinski definition) is 0. The van der Waals surface area contributed by atoms with Crippen LogP contribution in [-0.4, -0.2) is 27.8 Å². The highest BCUT2D eigenvalue weighted by Crippen LogP contribution is 2.38. The van der Waals surface area contributed by atoms with E-state index in [0.717, 1.165) is 0 Å². The van der Waals surface area contributed by atoms with E-state index in [2.05, 4.69) is 69.2 Å². The summed E-state index contributed by atoms with van der Waals surface area (Å²) in [5.74, 6) is 0. The summed E-state index contributed by atoms with van der Waals surface area (Å²) >= 11 is 0. The fourth-order valence-corrected chi connectivity index (χ4v) is 16.6. The number of rotatable bonds is 13. The Kier molecular flexibility index (Phi) is 11.5. The van der Waals surface area contributed by atoms with E-state index >= 15 is 0 Å². The minimum Gasteiger partial charge on any atom is -0.412 e. The van der Waals surface area contributed by atoms with Crippen LogP contribution in [0.15, 0.2) is 0 Å². The van der Waals surface area contributed by atoms with Crippen LogP contribution in [0.3, 0.4) is 0 Å². The molecule has 0 aliphatic rings. The summed E-state index contributed by atoms with van der Waals surface area (Å²) in [6, 6.07) is 7.81. The highest BCUT2D eigenvalue weighted by atomic mass is 28.4. The highest BCUT2D eigenvalue weighted by Gasteiger charge is 2.43. The Morgan fingerprint density at radius 1 is 0.462 bits per heavy atom. The van der Waals surface area contributed by atoms with Crippen LogP contribution in [0.5, 0.6) is 0 Å². The second kappa shape index (κ2) is 11.4. The van der Waals surface area contributed by atoms with Crippen molar-refractivity contribution in [1.29, 1.82) is 0 Å². The Morgan fingerprint density at radius 3 is 0.846 bits per heavy atom. The summed E-state index contributed by atoms with van der Waals surface area (Å²) in [6.45, 7) is 22.8. The van der Waals surface area contributed by atoms with Crippen molar-refractivity contribution in [3.63, 3.8) is 0 Å². The summed E-state index contributed by atoms with van der Waals surface area (Å²) in [7, 11) is -3.44. The molecular formula is C22H50O2Si2. The van der Waals surface area contributed by atoms with Crippen LogP contribution < -0.4 is 0 Å². The van der Waals surface area contributed by atoms with Gasteiger partial charge in [0, 0.05) is 11.2 Å². The van der Waals surface area contributed by atoms with E-state index in [1.54, 1.807) is 0 Å². The minimum absolute atomic E-state index is 0.0266. The zero-order valence-corrected chi connectivity index (χ0v) is 21.9. The average molecular weight is 403 g/mol. The molecule has 0 atom stereocenters. The molecule has 158 valence electrons. The van der Waals surface area contributed by atoms with Crippen LogP contribution in [0, 0.1) is 0 Å². The van der Waals surface area contributed by atoms with Gasteiger partial charge < -0.3 is 8.85 Å². The lowest BCUT2D eigenvalue weighted by Gasteiger charge is -2.43. The van der Waals surface area contributed by atoms with Gasteiger partial charge in [-0.1, -0.05) is 53.4 Å². The Balaban J connectivity index is 5.58. The zero-order valence-electron chi connectivity index (χ0n) is 19.9. The molecule has 0 spiro atoms. The van der Waals surface area contributed by atoms with Crippen molar-refractivity contribution in [2.45, 2.75) is 142 Å². The topological polar surface area (TPSA) is 18.5 Å². The van der Waals surface area contributed by atoms with E-state index < -0.39 is 16.6 Å². The van der Waals surface area contributed by atoms with Crippen LogP contribution >= 0.6 is 0 Å². The van der Waals surface area contributed by atoms with E-state index in [1.807, 2.05) is 0 Å². The van der Waals surface area contributed by atoms with Gasteiger partial charge in [-0.25, -0.2) is 0 Å². The highest BCUT2D eigenvalue weighted by molar-refractivity contribution is 6.79. The summed E-state index contributed by atoms with van der Waals surface area (Å²) in [6.07, 6.45) is 4.99. The van der Waals surface area contributed by atoms with Crippen molar-refractivity contribution in [3.05, 3.63) is 0 Å². The maximum atomic E-state index is 6.89. The monoisotopic (exact) mass is 402 g/mol. The Labute approximate surface area is 168 Å². The molecule has 0 unspecified atom stereocenters. The van der Waals surface area contributed by atoms with Gasteiger partial charge in [-0.15, -0.1) is 0 Å². The van der Waals surface area contributed by atoms with E-state index in [4.69, 9.17) is 8.85 Å². The van der Waals surface area contributed by atoms with Crippen LogP contribution in [0.25, 0.3) is 0 Å². The number of hydrogen-bond acceptors (Lipinski definition) is 2. The molecule has 4 heteroatoms. The minimum atomic E-state index is -1.72. The molecule has 0 bridgehead atoms. The molecule has 0 aromatic carbocycles. The first-order valence-electron chi connectivity index (χ1n) is 11.3. The smallest absolute Gasteiger partial charge is 0.193 e. The van der Waals surface area contributed by atoms with Gasteiger partial charge in [0.2, 0.25) is 0 Å². The Hall–Kier alpha value is 0.354. The summed E-state index contributed by atoms with van der Waals surface area (Å²) in [4.78, 5) is 0. The third-order valence-electron chi connectivity index (χ3n) is 4.90. The van der Waals surface area contributed by atoms with Crippen LogP contribution in [0.2, 0.25) is 36.3 Å². The van der Waals surface area contributed by atoms with Crippen molar-refractivity contribution in [1.82, 2.24) is 0 Å². The fourth-order valence-electron chi connectivity index (χ4n) is 4.63. The Bertz CT molecular complexity index is 321. The first kappa shape index (κ1) is 26.4. The van der Waals surface area contributed by atoms with Crippen LogP contribution in [0.1, 0.15) is 94.9 Å². The summed E-state index contributed by atoms with van der Waals surface area (Å²) < 4.78 is 13.8. The van der Waals surface area contributed by atoms with Gasteiger partial charge in [-0.3, -0.25) is 0 Å². The van der Waals surface area contributed by atoms with E-state index in [-0.39, 0.29) is 11.2 Å². The maximum absolute atomic E-state index is 6.89. The lowest BCUT2D eigenvalue weighted by atomic mass is 10.2. The lowest BCUT2D eigenvalue weighted by Crippen LogP contribution is -2.49. The third-order valence-corrected chi connectivity index (χ3v) is 15.5. The molecule has 0 rings (SSSR count). The quantitative estimate of drug-likeness (QED) is 0.289. The van der Waals surface area contributed by atoms with Crippen molar-refractivity contribution in [3.8, 4) is 0 Å². The van der Waals surface area contributed by atoms with Crippen LogP contribution in [-0.2, 0) is 8.85 Å². The molecule has 0 fully saturated rings. The molecule has 2 nitrogen and oxygen atoms in total. The van der Waals surface area contributed by atoms with Crippen LogP contribution in [0.4, 0.5) is 0 Å². The van der Waals surface area contributed by atoms with Crippen molar-refractivity contribution < 1.29 is 8.85 Å². The molecule has 26 heavy (non-hydrogen) atoms. The molecule has 0 amide bonds. The largest absolute Gasteiger partial charge is 0.412 e. The van der Waals surface area contributed by atoms with Gasteiger partial charge in [0.1, 0.15) is 0 Å². The maximum Gasteiger partial charge on any atom is 0.193 e. The molecule has 0 N–H and O–H groups in total. The Morgan fingerprint density at radius 2 is 0.692 bits per heavy atom. The molecule has 0 radical (unpaired) electrons. The van der Waals surface area contributed by atoms with E-state index in [9.17, 15) is 0 Å².